The van der Waals surface area contributed by atoms with Gasteiger partial charge in [-0.25, -0.2) is 17.8 Å². The van der Waals surface area contributed by atoms with Crippen molar-refractivity contribution >= 4 is 27.2 Å². The van der Waals surface area contributed by atoms with Gasteiger partial charge in [0.15, 0.2) is 5.82 Å². The van der Waals surface area contributed by atoms with Crippen molar-refractivity contribution in [3.63, 3.8) is 0 Å². The number of halogens is 1. The number of hydrogen-bond donors (Lipinski definition) is 1. The van der Waals surface area contributed by atoms with Gasteiger partial charge in [-0.1, -0.05) is 42.8 Å². The van der Waals surface area contributed by atoms with Crippen molar-refractivity contribution in [2.45, 2.75) is 36.6 Å². The van der Waals surface area contributed by atoms with Gasteiger partial charge in [-0.2, -0.15) is 0 Å². The van der Waals surface area contributed by atoms with Crippen LogP contribution in [-0.4, -0.2) is 38.0 Å². The number of piperidine rings is 1. The van der Waals surface area contributed by atoms with Gasteiger partial charge >= 0.3 is 0 Å². The fourth-order valence-electron chi connectivity index (χ4n) is 4.03. The Balaban J connectivity index is 0.000000382. The minimum atomic E-state index is -4.06. The molecule has 1 atom stereocenters. The molecule has 0 amide bonds. The molecule has 1 aromatic heterocycles. The largest absolute Gasteiger partial charge is 0.493 e. The molecule has 9 heteroatoms. The van der Waals surface area contributed by atoms with E-state index in [1.807, 2.05) is 36.4 Å². The van der Waals surface area contributed by atoms with E-state index in [2.05, 4.69) is 14.6 Å². The summed E-state index contributed by atoms with van der Waals surface area (Å²) in [6.45, 7) is 2.47. The van der Waals surface area contributed by atoms with Gasteiger partial charge in [0.25, 0.3) is 10.0 Å². The molecule has 2 aromatic carbocycles. The second-order valence-electron chi connectivity index (χ2n) is 7.70. The molecule has 0 radical (unpaired) electrons. The third-order valence-electron chi connectivity index (χ3n) is 5.53. The monoisotopic (exact) mass is 477 g/mol. The number of benzene rings is 2. The lowest BCUT2D eigenvalue weighted by atomic mass is 9.96. The van der Waals surface area contributed by atoms with Gasteiger partial charge in [-0.3, -0.25) is 9.62 Å². The van der Waals surface area contributed by atoms with Crippen molar-refractivity contribution in [2.75, 3.05) is 24.4 Å². The van der Waals surface area contributed by atoms with Crippen molar-refractivity contribution < 1.29 is 19.0 Å². The summed E-state index contributed by atoms with van der Waals surface area (Å²) >= 11 is 1.26. The maximum absolute atomic E-state index is 14.7. The molecule has 1 fully saturated rings. The lowest BCUT2D eigenvalue weighted by Crippen LogP contribution is -2.36. The van der Waals surface area contributed by atoms with Crippen molar-refractivity contribution in [1.82, 2.24) is 9.88 Å². The molecule has 2 aliphatic heterocycles. The minimum Gasteiger partial charge on any atom is -0.493 e. The molecule has 6 nitrogen and oxygen atoms in total. The van der Waals surface area contributed by atoms with E-state index in [0.717, 1.165) is 37.9 Å². The van der Waals surface area contributed by atoms with Crippen LogP contribution in [0.5, 0.6) is 5.75 Å². The third-order valence-corrected chi connectivity index (χ3v) is 7.49. The maximum Gasteiger partial charge on any atom is 0.266 e. The Bertz CT molecular complexity index is 1080. The van der Waals surface area contributed by atoms with E-state index < -0.39 is 20.7 Å². The van der Waals surface area contributed by atoms with Gasteiger partial charge in [0, 0.05) is 30.9 Å². The van der Waals surface area contributed by atoms with Crippen LogP contribution in [0, 0.1) is 5.82 Å². The summed E-state index contributed by atoms with van der Waals surface area (Å²) in [6.07, 6.45) is 4.29. The summed E-state index contributed by atoms with van der Waals surface area (Å²) in [5, 5.41) is 1.55. The molecule has 1 N–H and O–H groups in total. The Hall–Kier alpha value is -2.49. The number of nitrogens with one attached hydrogen (secondary N) is 1. The Morgan fingerprint density at radius 3 is 2.41 bits per heavy atom. The highest BCUT2D eigenvalue weighted by Crippen LogP contribution is 2.39. The van der Waals surface area contributed by atoms with Crippen LogP contribution in [0.4, 0.5) is 10.2 Å². The van der Waals surface area contributed by atoms with Crippen molar-refractivity contribution in [2.24, 2.45) is 0 Å². The summed E-state index contributed by atoms with van der Waals surface area (Å²) in [7, 11) is -4.06. The van der Waals surface area contributed by atoms with Gasteiger partial charge in [-0.15, -0.1) is 11.3 Å². The van der Waals surface area contributed by atoms with Crippen molar-refractivity contribution in [1.29, 1.82) is 0 Å². The smallest absolute Gasteiger partial charge is 0.266 e. The van der Waals surface area contributed by atoms with Gasteiger partial charge in [-0.05, 0) is 32.0 Å². The summed E-state index contributed by atoms with van der Waals surface area (Å²) in [4.78, 5) is 5.82. The number of anilines is 1. The molecule has 32 heavy (non-hydrogen) atoms. The number of thiazole rings is 1. The zero-order chi connectivity index (χ0) is 22.4. The Labute approximate surface area is 193 Å². The van der Waals surface area contributed by atoms with Crippen molar-refractivity contribution in [3.8, 4) is 5.75 Å². The summed E-state index contributed by atoms with van der Waals surface area (Å²) in [5.74, 6) is -0.134. The predicted octanol–water partition coefficient (Wildman–Crippen LogP) is 5.33. The number of rotatable bonds is 4. The van der Waals surface area contributed by atoms with Crippen LogP contribution in [0.2, 0.25) is 0 Å². The molecule has 0 aliphatic carbocycles. The first-order valence-corrected chi connectivity index (χ1v) is 13.1. The third kappa shape index (κ3) is 5.46. The highest BCUT2D eigenvalue weighted by molar-refractivity contribution is 7.92. The first-order chi connectivity index (χ1) is 15.5. The quantitative estimate of drug-likeness (QED) is 0.550. The van der Waals surface area contributed by atoms with Crippen LogP contribution in [0.25, 0.3) is 0 Å². The zero-order valence-electron chi connectivity index (χ0n) is 17.6. The van der Waals surface area contributed by atoms with Gasteiger partial charge in [0.2, 0.25) is 0 Å². The molecule has 0 unspecified atom stereocenters. The van der Waals surface area contributed by atoms with Gasteiger partial charge < -0.3 is 4.74 Å². The standard InChI is InChI=1S/C17H20FN3O3S2.C6H6.H2/c18-13-8-12-14(21-5-2-1-3-6-21)4-7-24-15(12)9-16(13)26(22,23)20-17-10-25-11-19-17;1-2-4-6-5-3-1;/h8-11,14,20H,1-7H2;1-6H;1H/t14-;;/m1../s1. The molecule has 1 saturated heterocycles. The predicted molar refractivity (Wildman–Crippen MR) is 126 cm³/mol. The maximum atomic E-state index is 14.7. The van der Waals surface area contributed by atoms with E-state index in [-0.39, 0.29) is 13.3 Å². The van der Waals surface area contributed by atoms with E-state index in [4.69, 9.17) is 4.74 Å². The number of fused-ring (bicyclic) bond motifs is 1. The first kappa shape index (κ1) is 22.7. The van der Waals surface area contributed by atoms with Crippen LogP contribution in [0.15, 0.2) is 64.3 Å². The summed E-state index contributed by atoms with van der Waals surface area (Å²) < 4.78 is 47.8. The van der Waals surface area contributed by atoms with E-state index >= 15 is 0 Å². The highest BCUT2D eigenvalue weighted by atomic mass is 32.2. The Kier molecular flexibility index (Phi) is 7.39. The van der Waals surface area contributed by atoms with Crippen LogP contribution in [-0.2, 0) is 10.0 Å². The average Bonchev–Trinajstić information content (AvgIpc) is 3.33. The molecular weight excluding hydrogens is 449 g/mol. The zero-order valence-corrected chi connectivity index (χ0v) is 19.2. The molecule has 3 aromatic rings. The first-order valence-electron chi connectivity index (χ1n) is 10.7. The summed E-state index contributed by atoms with van der Waals surface area (Å²) in [5.41, 5.74) is 2.25. The van der Waals surface area contributed by atoms with Gasteiger partial charge in [0.1, 0.15) is 16.5 Å². The highest BCUT2D eigenvalue weighted by Gasteiger charge is 2.31. The molecule has 5 rings (SSSR count). The lowest BCUT2D eigenvalue weighted by Gasteiger charge is -2.38. The SMILES string of the molecule is O=S(=O)(Nc1cscn1)c1cc2c(cc1F)[C@H](N1CCCCC1)CCO2.[HH].c1ccccc1. The van der Waals surface area contributed by atoms with Gasteiger partial charge in [0.05, 0.1) is 12.1 Å². The normalized spacial score (nSPS) is 18.6. The summed E-state index contributed by atoms with van der Waals surface area (Å²) in [6, 6.07) is 14.7. The van der Waals surface area contributed by atoms with E-state index in [1.54, 1.807) is 5.38 Å². The topological polar surface area (TPSA) is 71.5 Å². The number of sulfonamides is 1. The molecule has 2 aliphatic rings. The molecule has 172 valence electrons. The number of aromatic nitrogens is 1. The average molecular weight is 478 g/mol. The molecule has 3 heterocycles. The fraction of sp³-hybridized carbons (Fsp3) is 0.348. The van der Waals surface area contributed by atoms with E-state index in [9.17, 15) is 12.8 Å². The van der Waals surface area contributed by atoms with Crippen LogP contribution >= 0.6 is 11.3 Å². The minimum absolute atomic E-state index is 0. The van der Waals surface area contributed by atoms with E-state index in [0.29, 0.717) is 12.4 Å². The Morgan fingerprint density at radius 2 is 1.78 bits per heavy atom. The molecule has 0 bridgehead atoms. The Morgan fingerprint density at radius 1 is 1.09 bits per heavy atom. The number of hydrogen-bond acceptors (Lipinski definition) is 6. The number of ether oxygens (including phenoxy) is 1. The number of nitrogens with zero attached hydrogens (tertiary/aromatic N) is 2. The van der Waals surface area contributed by atoms with Crippen LogP contribution in [0.1, 0.15) is 38.7 Å². The van der Waals surface area contributed by atoms with E-state index in [1.165, 1.54) is 35.4 Å². The fourth-order valence-corrected chi connectivity index (χ4v) is 5.66. The molecule has 0 spiro atoms. The van der Waals surface area contributed by atoms with Crippen LogP contribution in [0.3, 0.4) is 0 Å². The lowest BCUT2D eigenvalue weighted by molar-refractivity contribution is 0.118. The van der Waals surface area contributed by atoms with Crippen LogP contribution < -0.4 is 9.46 Å². The molecule has 0 saturated carbocycles. The second kappa shape index (κ2) is 10.4. The van der Waals surface area contributed by atoms with Crippen molar-refractivity contribution in [3.05, 3.63) is 70.8 Å². The molecular formula is C23H28FN3O3S2. The second-order valence-corrected chi connectivity index (χ2v) is 10.1. The number of likely N-dealkylation sites (tertiary alicyclic amines) is 1.